The molecule has 2 saturated heterocycles. The average molecular weight is 1380 g/mol. The number of hydrogen-bond acceptors (Lipinski definition) is 22. The highest BCUT2D eigenvalue weighted by Crippen LogP contribution is 2.57. The first-order valence-electron chi connectivity index (χ1n) is 32.7. The molecule has 2 aliphatic heterocycles. The SMILES string of the molecule is CCCCCOc1ccc(-c2cc(-c3ccc(C(=O)OC(=O)OCC(C)C)cc3)no2)cc1.CCCCCOc1ccc(-c2cc(-c3ccc(C(=O)OP(=O)(N4CCOC4=O)N4CCOC4=O)cc3)no2)cc1.Cc1ccc(-c2cc(-c3ccc(C(=O)OC(=O)C(C)(C)C)cc3)no2)cc1. The summed E-state index contributed by atoms with van der Waals surface area (Å²) < 4.78 is 72.6. The lowest BCUT2D eigenvalue weighted by Crippen LogP contribution is -2.35. The number of carbonyl (C=O) groups excluding carboxylic acids is 7. The summed E-state index contributed by atoms with van der Waals surface area (Å²) in [4.78, 5) is 84.8. The van der Waals surface area contributed by atoms with Crippen molar-refractivity contribution in [1.29, 1.82) is 0 Å². The van der Waals surface area contributed by atoms with Crippen molar-refractivity contribution >= 4 is 49.9 Å². The number of benzene rings is 6. The fourth-order valence-corrected chi connectivity index (χ4v) is 11.5. The Hall–Kier alpha value is -11.1. The predicted molar refractivity (Wildman–Crippen MR) is 368 cm³/mol. The standard InChI is InChI=1S/C27H28N3O9P.C26H29NO6.C22H21NO4/c1-2-3-4-15-35-22-11-9-20(10-12-22)24-18-23(28-38-24)19-5-7-21(8-6-19)25(31)39-40(34,29-13-16-36-26(29)32)30-14-17-37-27(30)33;1-4-5-6-15-30-22-13-11-20(12-14-22)24-16-23(27-33-24)19-7-9-21(10-8-19)25(28)32-26(29)31-17-18(2)3;1-14-5-7-16(8-6-14)19-13-18(23-27-19)15-9-11-17(12-10-15)20(24)26-21(25)22(2,3)4/h5-12,18H,2-4,13-17H2,1H3;7-14,16,18H,4-6,15,17H2,1-3H3;5-13H,1-4H3. The lowest BCUT2D eigenvalue weighted by Gasteiger charge is -2.29. The van der Waals surface area contributed by atoms with Crippen molar-refractivity contribution < 1.29 is 89.4 Å². The molecule has 2 amide bonds. The lowest BCUT2D eigenvalue weighted by atomic mass is 9.97. The first-order valence-corrected chi connectivity index (χ1v) is 34.3. The largest absolute Gasteiger partial charge is 0.516 e. The van der Waals surface area contributed by atoms with E-state index in [2.05, 4.69) is 29.3 Å². The summed E-state index contributed by atoms with van der Waals surface area (Å²) in [6, 6.07) is 48.1. The first-order chi connectivity index (χ1) is 48.1. The molecule has 2 fully saturated rings. The van der Waals surface area contributed by atoms with Crippen LogP contribution in [0.5, 0.6) is 11.5 Å². The van der Waals surface area contributed by atoms with Gasteiger partial charge < -0.3 is 51.3 Å². The molecule has 0 spiro atoms. The van der Waals surface area contributed by atoms with Crippen molar-refractivity contribution in [3.8, 4) is 79.2 Å². The van der Waals surface area contributed by atoms with Gasteiger partial charge in [-0.1, -0.05) is 135 Å². The van der Waals surface area contributed by atoms with Gasteiger partial charge >= 0.3 is 49.9 Å². The van der Waals surface area contributed by atoms with E-state index < -0.39 is 55.3 Å². The van der Waals surface area contributed by atoms with Crippen molar-refractivity contribution in [1.82, 2.24) is 24.8 Å². The molecule has 0 saturated carbocycles. The molecule has 0 aliphatic carbocycles. The molecule has 522 valence electrons. The Kier molecular flexibility index (Phi) is 25.1. The third-order valence-electron chi connectivity index (χ3n) is 15.2. The zero-order chi connectivity index (χ0) is 71.3. The summed E-state index contributed by atoms with van der Waals surface area (Å²) in [5.74, 6) is 0.648. The topological polar surface area (TPSA) is 295 Å². The Bertz CT molecular complexity index is 4260. The van der Waals surface area contributed by atoms with Crippen LogP contribution < -0.4 is 9.47 Å². The number of rotatable bonds is 24. The molecule has 3 aromatic heterocycles. The van der Waals surface area contributed by atoms with Gasteiger partial charge in [0.2, 0.25) is 0 Å². The minimum atomic E-state index is -4.43. The van der Waals surface area contributed by atoms with Gasteiger partial charge in [0.05, 0.1) is 55.0 Å². The second kappa shape index (κ2) is 34.4. The second-order valence-corrected chi connectivity index (χ2v) is 26.7. The summed E-state index contributed by atoms with van der Waals surface area (Å²) in [6.07, 6.45) is 3.76. The van der Waals surface area contributed by atoms with Gasteiger partial charge in [-0.3, -0.25) is 4.79 Å². The summed E-state index contributed by atoms with van der Waals surface area (Å²) in [6.45, 7) is 16.5. The monoisotopic (exact) mass is 1380 g/mol. The second-order valence-electron chi connectivity index (χ2n) is 24.6. The molecule has 11 rings (SSSR count). The number of aryl methyl sites for hydroxylation is 1. The quantitative estimate of drug-likeness (QED) is 0.0178. The van der Waals surface area contributed by atoms with Crippen molar-refractivity contribution in [2.24, 2.45) is 11.3 Å². The molecule has 0 atom stereocenters. The van der Waals surface area contributed by atoms with Crippen LogP contribution in [0.4, 0.5) is 14.4 Å². The van der Waals surface area contributed by atoms with Gasteiger partial charge in [0.1, 0.15) is 41.8 Å². The Labute approximate surface area is 578 Å². The van der Waals surface area contributed by atoms with E-state index in [1.165, 1.54) is 17.7 Å². The van der Waals surface area contributed by atoms with Crippen LogP contribution in [0.3, 0.4) is 0 Å². The fraction of sp³-hybridized carbons (Fsp3) is 0.307. The zero-order valence-electron chi connectivity index (χ0n) is 56.8. The Balaban J connectivity index is 0.000000179. The summed E-state index contributed by atoms with van der Waals surface area (Å²) in [7, 11) is -4.43. The van der Waals surface area contributed by atoms with Crippen LogP contribution in [0, 0.1) is 18.3 Å². The molecular formula is C75H78N5O19P. The molecule has 0 radical (unpaired) electrons. The van der Waals surface area contributed by atoms with E-state index in [1.807, 2.05) is 106 Å². The summed E-state index contributed by atoms with van der Waals surface area (Å²) >= 11 is 0. The average Bonchev–Trinajstić information content (AvgIpc) is 1.53. The Morgan fingerprint density at radius 3 is 1.21 bits per heavy atom. The molecule has 0 N–H and O–H groups in total. The molecule has 0 unspecified atom stereocenters. The molecule has 24 nitrogen and oxygen atoms in total. The third-order valence-corrected chi connectivity index (χ3v) is 17.6. The Morgan fingerprint density at radius 2 is 0.860 bits per heavy atom. The number of nitrogens with zero attached hydrogens (tertiary/aromatic N) is 5. The van der Waals surface area contributed by atoms with Gasteiger partial charge in [-0.05, 0) is 131 Å². The van der Waals surface area contributed by atoms with Gasteiger partial charge in [-0.2, -0.15) is 0 Å². The van der Waals surface area contributed by atoms with Crippen LogP contribution in [0.1, 0.15) is 124 Å². The van der Waals surface area contributed by atoms with E-state index in [4.69, 9.17) is 51.3 Å². The van der Waals surface area contributed by atoms with E-state index in [0.717, 1.165) is 87.2 Å². The summed E-state index contributed by atoms with van der Waals surface area (Å²) in [5, 5.41) is 12.3. The van der Waals surface area contributed by atoms with E-state index in [0.29, 0.717) is 58.7 Å². The van der Waals surface area contributed by atoms with Gasteiger partial charge in [-0.15, -0.1) is 0 Å². The first kappa shape index (κ1) is 73.1. The molecule has 0 bridgehead atoms. The minimum Gasteiger partial charge on any atom is -0.494 e. The van der Waals surface area contributed by atoms with Gasteiger partial charge in [0.15, 0.2) is 17.3 Å². The van der Waals surface area contributed by atoms with Crippen molar-refractivity contribution in [2.45, 2.75) is 93.9 Å². The van der Waals surface area contributed by atoms with Crippen molar-refractivity contribution in [3.63, 3.8) is 0 Å². The number of cyclic esters (lactones) is 2. The Morgan fingerprint density at radius 1 is 0.500 bits per heavy atom. The number of unbranched alkanes of at least 4 members (excludes halogenated alkanes) is 4. The van der Waals surface area contributed by atoms with Crippen LogP contribution in [-0.4, -0.2) is 113 Å². The van der Waals surface area contributed by atoms with Gasteiger partial charge in [-0.25, -0.2) is 42.7 Å². The normalized spacial score (nSPS) is 12.7. The van der Waals surface area contributed by atoms with Crippen molar-refractivity contribution in [2.75, 3.05) is 46.1 Å². The molecule has 2 aliphatic rings. The number of ether oxygens (including phenoxy) is 7. The van der Waals surface area contributed by atoms with Crippen LogP contribution in [0.25, 0.3) is 67.7 Å². The molecule has 6 aromatic carbocycles. The number of amides is 2. The molecular weight excluding hydrogens is 1310 g/mol. The number of esters is 3. The van der Waals surface area contributed by atoms with Crippen LogP contribution in [-0.2, 0) is 37.6 Å². The van der Waals surface area contributed by atoms with E-state index in [-0.39, 0.29) is 50.0 Å². The maximum absolute atomic E-state index is 13.7. The smallest absolute Gasteiger partial charge is 0.494 e. The highest BCUT2D eigenvalue weighted by molar-refractivity contribution is 7.56. The molecule has 25 heteroatoms. The maximum Gasteiger partial charge on any atom is 0.516 e. The maximum atomic E-state index is 13.7. The number of hydrogen-bond donors (Lipinski definition) is 0. The third kappa shape index (κ3) is 19.8. The van der Waals surface area contributed by atoms with Gasteiger partial charge in [0, 0.05) is 51.6 Å². The zero-order valence-corrected chi connectivity index (χ0v) is 57.7. The minimum absolute atomic E-state index is 0.0470. The predicted octanol–water partition coefficient (Wildman–Crippen LogP) is 17.3. The molecule has 5 heterocycles. The highest BCUT2D eigenvalue weighted by atomic mass is 31.2. The van der Waals surface area contributed by atoms with E-state index >= 15 is 0 Å². The molecule has 100 heavy (non-hydrogen) atoms. The highest BCUT2D eigenvalue weighted by Gasteiger charge is 2.52. The molecule has 9 aromatic rings. The van der Waals surface area contributed by atoms with E-state index in [1.54, 1.807) is 87.5 Å². The van der Waals surface area contributed by atoms with E-state index in [9.17, 15) is 38.1 Å². The van der Waals surface area contributed by atoms with Crippen LogP contribution >= 0.6 is 7.67 Å². The van der Waals surface area contributed by atoms with Crippen LogP contribution in [0.15, 0.2) is 177 Å². The fourth-order valence-electron chi connectivity index (χ4n) is 9.52. The lowest BCUT2D eigenvalue weighted by molar-refractivity contribution is -0.146. The van der Waals surface area contributed by atoms with Crippen LogP contribution in [0.2, 0.25) is 0 Å². The number of carbonyl (C=O) groups is 7. The van der Waals surface area contributed by atoms with Crippen molar-refractivity contribution in [3.05, 3.63) is 186 Å². The summed E-state index contributed by atoms with van der Waals surface area (Å²) in [5.41, 5.74) is 7.75. The van der Waals surface area contributed by atoms with Gasteiger partial charge in [0.25, 0.3) is 0 Å². The number of aromatic nitrogens is 3.